The van der Waals surface area contributed by atoms with Crippen LogP contribution in [0.4, 0.5) is 23.1 Å². The topological polar surface area (TPSA) is 203 Å². The van der Waals surface area contributed by atoms with Crippen molar-refractivity contribution >= 4 is 78.7 Å². The fourth-order valence-electron chi connectivity index (χ4n) is 3.42. The van der Waals surface area contributed by atoms with Crippen LogP contribution in [0.25, 0.3) is 0 Å². The van der Waals surface area contributed by atoms with Gasteiger partial charge in [-0.25, -0.2) is 4.79 Å². The number of nitrogens with zero attached hydrogens (tertiary/aromatic N) is 2. The van der Waals surface area contributed by atoms with Gasteiger partial charge in [0, 0.05) is 75.5 Å². The minimum Gasteiger partial charge on any atom is -0.481 e. The first-order valence-corrected chi connectivity index (χ1v) is 10.1. The Morgan fingerprint density at radius 1 is 1.26 bits per heavy atom. The Kier molecular flexibility index (Phi) is 9.53. The summed E-state index contributed by atoms with van der Waals surface area (Å²) in [5.41, 5.74) is 6.59. The van der Waals surface area contributed by atoms with Crippen molar-refractivity contribution in [3.63, 3.8) is 0 Å². The summed E-state index contributed by atoms with van der Waals surface area (Å²) < 4.78 is 0. The first-order valence-electron chi connectivity index (χ1n) is 10.1. The second-order valence-electron chi connectivity index (χ2n) is 7.55. The Labute approximate surface area is 224 Å². The van der Waals surface area contributed by atoms with Gasteiger partial charge in [0.15, 0.2) is 5.82 Å². The fourth-order valence-corrected chi connectivity index (χ4v) is 3.42. The number of H-pyrrole nitrogens is 1. The number of anilines is 4. The fraction of sp³-hybridized carbons (Fsp3) is 0.350. The molecule has 34 heavy (non-hydrogen) atoms. The maximum Gasteiger partial charge on any atom is 0.326 e. The third-order valence-corrected chi connectivity index (χ3v) is 5.26. The van der Waals surface area contributed by atoms with E-state index in [1.54, 1.807) is 19.2 Å². The molecule has 0 aliphatic carbocycles. The SMILES string of the molecule is CN1c2c(nc(N)[nH]c2=O)NC[C@@H]1CNc1ccc(C(=O)N[C@@H](CCC(=O)O)C(=O)O)cc1.[Ca]. The third kappa shape index (κ3) is 6.74. The predicted octanol–water partition coefficient (Wildman–Crippen LogP) is -0.638. The van der Waals surface area contributed by atoms with Crippen molar-refractivity contribution in [2.75, 3.05) is 41.4 Å². The number of carbonyl (C=O) groups excluding carboxylic acids is 1. The Hall–Kier alpha value is -3.03. The van der Waals surface area contributed by atoms with Crippen LogP contribution in [0.2, 0.25) is 0 Å². The van der Waals surface area contributed by atoms with Crippen molar-refractivity contribution in [3.8, 4) is 0 Å². The van der Waals surface area contributed by atoms with Crippen LogP contribution in [0, 0.1) is 0 Å². The van der Waals surface area contributed by atoms with Crippen molar-refractivity contribution < 1.29 is 24.6 Å². The second kappa shape index (κ2) is 11.9. The number of carboxylic acid groups (broad SMARTS) is 2. The number of hydrogen-bond donors (Lipinski definition) is 7. The van der Waals surface area contributed by atoms with E-state index in [1.165, 1.54) is 12.1 Å². The van der Waals surface area contributed by atoms with Crippen LogP contribution in [0.5, 0.6) is 0 Å². The molecule has 1 aromatic heterocycles. The number of aromatic nitrogens is 2. The summed E-state index contributed by atoms with van der Waals surface area (Å²) in [5, 5.41) is 26.6. The molecule has 178 valence electrons. The second-order valence-corrected chi connectivity index (χ2v) is 7.55. The number of fused-ring (bicyclic) bond motifs is 1. The molecule has 1 aromatic carbocycles. The smallest absolute Gasteiger partial charge is 0.326 e. The number of aliphatic carboxylic acids is 2. The van der Waals surface area contributed by atoms with Crippen LogP contribution in [0.15, 0.2) is 29.1 Å². The first-order chi connectivity index (χ1) is 15.7. The van der Waals surface area contributed by atoms with Crippen molar-refractivity contribution in [2.24, 2.45) is 0 Å². The van der Waals surface area contributed by atoms with Gasteiger partial charge >= 0.3 is 11.9 Å². The quantitative estimate of drug-likeness (QED) is 0.216. The molecule has 13 nitrogen and oxygen atoms in total. The van der Waals surface area contributed by atoms with E-state index in [0.717, 1.165) is 5.69 Å². The maximum atomic E-state index is 12.3. The normalized spacial score (nSPS) is 15.2. The molecule has 0 saturated heterocycles. The molecule has 1 amide bonds. The van der Waals surface area contributed by atoms with E-state index in [0.29, 0.717) is 24.6 Å². The number of nitrogens with two attached hydrogens (primary N) is 1. The summed E-state index contributed by atoms with van der Waals surface area (Å²) in [4.78, 5) is 54.9. The summed E-state index contributed by atoms with van der Waals surface area (Å²) >= 11 is 0. The van der Waals surface area contributed by atoms with Gasteiger partial charge in [-0.2, -0.15) is 4.98 Å². The monoisotopic (exact) mass is 499 g/mol. The van der Waals surface area contributed by atoms with Crippen LogP contribution >= 0.6 is 0 Å². The third-order valence-electron chi connectivity index (χ3n) is 5.26. The van der Waals surface area contributed by atoms with E-state index in [9.17, 15) is 24.3 Å². The zero-order valence-corrected chi connectivity index (χ0v) is 20.7. The van der Waals surface area contributed by atoms with Crippen molar-refractivity contribution in [2.45, 2.75) is 24.9 Å². The number of nitrogen functional groups attached to an aromatic ring is 1. The molecule has 8 N–H and O–H groups in total. The van der Waals surface area contributed by atoms with E-state index < -0.39 is 23.9 Å². The molecular weight excluding hydrogens is 474 g/mol. The van der Waals surface area contributed by atoms with Crippen molar-refractivity contribution in [1.29, 1.82) is 0 Å². The van der Waals surface area contributed by atoms with Crippen LogP contribution in [-0.4, -0.2) is 108 Å². The van der Waals surface area contributed by atoms with E-state index in [-0.39, 0.29) is 73.7 Å². The van der Waals surface area contributed by atoms with E-state index in [4.69, 9.17) is 10.8 Å². The minimum absolute atomic E-state index is 0. The number of nitrogens with one attached hydrogen (secondary N) is 4. The molecule has 3 rings (SSSR count). The minimum atomic E-state index is -1.30. The summed E-state index contributed by atoms with van der Waals surface area (Å²) in [6, 6.07) is 5.03. The van der Waals surface area contributed by atoms with Crippen LogP contribution < -0.4 is 32.1 Å². The number of likely N-dealkylation sites (N-methyl/N-ethyl adjacent to an activating group) is 1. The zero-order chi connectivity index (χ0) is 24.1. The standard InChI is InChI=1S/C20H25N7O6.Ca/c1-27-12(9-23-16-15(27)18(31)26-20(21)25-16)8-22-11-4-2-10(3-5-11)17(30)24-13(19(32)33)6-7-14(28)29;/h2-5,12-13,22H,6-9H2,1H3,(H,24,30)(H,28,29)(H,32,33)(H4,21,23,25,26,31);/t12-,13-;/m0./s1. The molecule has 0 unspecified atom stereocenters. The Bertz CT molecular complexity index is 1110. The summed E-state index contributed by atoms with van der Waals surface area (Å²) in [5.74, 6) is -2.59. The molecule has 2 aromatic rings. The number of amides is 1. The Morgan fingerprint density at radius 2 is 1.94 bits per heavy atom. The number of benzene rings is 1. The van der Waals surface area contributed by atoms with Crippen LogP contribution in [-0.2, 0) is 9.59 Å². The largest absolute Gasteiger partial charge is 0.481 e. The van der Waals surface area contributed by atoms with Crippen LogP contribution in [0.1, 0.15) is 23.2 Å². The van der Waals surface area contributed by atoms with E-state index in [2.05, 4.69) is 25.9 Å². The van der Waals surface area contributed by atoms with Gasteiger partial charge in [-0.1, -0.05) is 0 Å². The van der Waals surface area contributed by atoms with Gasteiger partial charge < -0.3 is 36.8 Å². The average molecular weight is 500 g/mol. The first kappa shape index (κ1) is 27.2. The maximum absolute atomic E-state index is 12.3. The Morgan fingerprint density at radius 3 is 2.56 bits per heavy atom. The molecule has 1 aliphatic rings. The predicted molar refractivity (Wildman–Crippen MR) is 126 cm³/mol. The summed E-state index contributed by atoms with van der Waals surface area (Å²) in [6.45, 7) is 1.01. The summed E-state index contributed by atoms with van der Waals surface area (Å²) in [6.07, 6.45) is -0.586. The molecule has 14 heteroatoms. The van der Waals surface area contributed by atoms with Gasteiger partial charge in [-0.3, -0.25) is 19.4 Å². The van der Waals surface area contributed by atoms with Gasteiger partial charge in [0.25, 0.3) is 11.5 Å². The molecule has 1 aliphatic heterocycles. The number of aromatic amines is 1. The zero-order valence-electron chi connectivity index (χ0n) is 18.5. The van der Waals surface area contributed by atoms with Gasteiger partial charge in [-0.15, -0.1) is 0 Å². The molecule has 2 atom stereocenters. The molecule has 0 saturated carbocycles. The van der Waals surface area contributed by atoms with E-state index >= 15 is 0 Å². The van der Waals surface area contributed by atoms with Crippen molar-refractivity contribution in [1.82, 2.24) is 15.3 Å². The molecule has 0 spiro atoms. The molecule has 2 heterocycles. The molecular formula is C20H25CaN7O6. The van der Waals surface area contributed by atoms with Gasteiger partial charge in [0.2, 0.25) is 5.95 Å². The Balaban J connectivity index is 0.00000408. The van der Waals surface area contributed by atoms with Crippen molar-refractivity contribution in [3.05, 3.63) is 40.2 Å². The number of hydrogen-bond acceptors (Lipinski definition) is 9. The van der Waals surface area contributed by atoms with Gasteiger partial charge in [0.05, 0.1) is 6.04 Å². The molecule has 2 radical (unpaired) electrons. The number of rotatable bonds is 9. The van der Waals surface area contributed by atoms with E-state index in [1.807, 2.05) is 4.90 Å². The number of carbonyl (C=O) groups is 3. The average Bonchev–Trinajstić information content (AvgIpc) is 2.75. The van der Waals surface area contributed by atoms with Crippen LogP contribution in [0.3, 0.4) is 0 Å². The molecule has 0 bridgehead atoms. The number of carboxylic acids is 2. The summed E-state index contributed by atoms with van der Waals surface area (Å²) in [7, 11) is 1.79. The van der Waals surface area contributed by atoms with Gasteiger partial charge in [0.1, 0.15) is 11.7 Å². The molecule has 0 fully saturated rings. The van der Waals surface area contributed by atoms with Gasteiger partial charge in [-0.05, 0) is 30.7 Å².